The number of esters is 1. The first-order valence-electron chi connectivity index (χ1n) is 16.3. The Morgan fingerprint density at radius 3 is 2.37 bits per heavy atom. The van der Waals surface area contributed by atoms with Crippen molar-refractivity contribution in [3.63, 3.8) is 0 Å². The minimum atomic E-state index is -0.764. The van der Waals surface area contributed by atoms with Gasteiger partial charge in [-0.05, 0) is 61.6 Å². The van der Waals surface area contributed by atoms with Crippen LogP contribution in [0.3, 0.4) is 0 Å². The first kappa shape index (κ1) is 33.5. The average molecular weight is 665 g/mol. The number of carbonyl (C=O) groups excluding carboxylic acids is 1. The van der Waals surface area contributed by atoms with E-state index in [1.54, 1.807) is 37.2 Å². The maximum Gasteiger partial charge on any atom is 0.347 e. The highest BCUT2D eigenvalue weighted by atomic mass is 16.5. The van der Waals surface area contributed by atoms with Crippen LogP contribution in [0, 0.1) is 0 Å². The molecule has 0 saturated heterocycles. The van der Waals surface area contributed by atoms with Crippen molar-refractivity contribution in [2.75, 3.05) is 21.3 Å². The van der Waals surface area contributed by atoms with Crippen molar-refractivity contribution in [2.45, 2.75) is 59.1 Å². The van der Waals surface area contributed by atoms with E-state index >= 15 is 0 Å². The highest BCUT2D eigenvalue weighted by Gasteiger charge is 2.33. The fraction of sp³-hybridized carbons (Fsp3) is 0.316. The lowest BCUT2D eigenvalue weighted by Crippen LogP contribution is -2.31. The molecular formula is C38H40N4O7. The third-order valence-electron chi connectivity index (χ3n) is 8.74. The maximum atomic E-state index is 14.7. The second kappa shape index (κ2) is 15.2. The maximum absolute atomic E-state index is 14.7. The first-order valence-corrected chi connectivity index (χ1v) is 16.3. The number of hydrogen-bond acceptors (Lipinski definition) is 9. The van der Waals surface area contributed by atoms with Crippen LogP contribution in [0.4, 0.5) is 0 Å². The van der Waals surface area contributed by atoms with E-state index in [0.29, 0.717) is 48.9 Å². The second-order valence-electron chi connectivity index (χ2n) is 11.6. The van der Waals surface area contributed by atoms with Gasteiger partial charge in [-0.3, -0.25) is 9.78 Å². The largest absolute Gasteiger partial charge is 0.497 e. The molecule has 254 valence electrons. The van der Waals surface area contributed by atoms with Gasteiger partial charge in [0.15, 0.2) is 5.56 Å². The predicted octanol–water partition coefficient (Wildman–Crippen LogP) is 5.76. The zero-order valence-corrected chi connectivity index (χ0v) is 28.2. The van der Waals surface area contributed by atoms with E-state index in [0.717, 1.165) is 40.2 Å². The molecule has 49 heavy (non-hydrogen) atoms. The van der Waals surface area contributed by atoms with Crippen LogP contribution in [0.2, 0.25) is 0 Å². The van der Waals surface area contributed by atoms with E-state index in [9.17, 15) is 9.59 Å². The number of rotatable bonds is 13. The van der Waals surface area contributed by atoms with Crippen molar-refractivity contribution >= 4 is 5.97 Å². The number of aromatic nitrogens is 4. The number of carbonyl (C=O) groups is 1. The number of ether oxygens (including phenoxy) is 5. The van der Waals surface area contributed by atoms with Crippen LogP contribution < -0.4 is 19.8 Å². The minimum Gasteiger partial charge on any atom is -0.497 e. The van der Waals surface area contributed by atoms with Gasteiger partial charge < -0.3 is 32.8 Å². The number of pyridine rings is 2. The monoisotopic (exact) mass is 664 g/mol. The lowest BCUT2D eigenvalue weighted by atomic mass is 10.0. The molecule has 0 saturated carbocycles. The van der Waals surface area contributed by atoms with E-state index in [1.807, 2.05) is 54.6 Å². The van der Waals surface area contributed by atoms with Gasteiger partial charge in [0.25, 0.3) is 5.56 Å². The number of hydrogen-bond donors (Lipinski definition) is 0. The summed E-state index contributed by atoms with van der Waals surface area (Å²) in [6.45, 7) is 3.68. The molecule has 0 fully saturated rings. The predicted molar refractivity (Wildman–Crippen MR) is 183 cm³/mol. The summed E-state index contributed by atoms with van der Waals surface area (Å²) in [5.41, 5.74) is 4.95. The van der Waals surface area contributed by atoms with Gasteiger partial charge >= 0.3 is 5.97 Å². The van der Waals surface area contributed by atoms with E-state index in [4.69, 9.17) is 28.7 Å². The van der Waals surface area contributed by atoms with Crippen molar-refractivity contribution in [3.8, 4) is 28.6 Å². The van der Waals surface area contributed by atoms with Crippen LogP contribution in [-0.4, -0.2) is 46.4 Å². The highest BCUT2D eigenvalue weighted by Crippen LogP contribution is 2.39. The SMILES string of the molecule is CCn1c(COCc2ccncc2)nc2c1CCCc1c(OCc3ccccc3)c(C(=O)OC)c(=O)n(Cc3ccc(OC)cc3OC)c1-2. The standard InChI is InChI=1S/C38H40N4O7/c1-5-41-30-13-9-12-29-35(34(30)40-32(41)24-48-22-26-16-18-39-19-17-26)42(21-27-14-15-28(45-2)20-31(27)46-3)37(43)33(38(44)47-4)36(29)49-23-25-10-7-6-8-11-25/h6-8,10-11,14-20H,5,9,12-13,21-24H2,1-4H3. The summed E-state index contributed by atoms with van der Waals surface area (Å²) in [7, 11) is 4.42. The molecule has 0 radical (unpaired) electrons. The molecule has 0 atom stereocenters. The molecule has 2 aromatic carbocycles. The zero-order chi connectivity index (χ0) is 34.3. The third-order valence-corrected chi connectivity index (χ3v) is 8.74. The lowest BCUT2D eigenvalue weighted by Gasteiger charge is -2.22. The molecule has 0 aliphatic heterocycles. The fourth-order valence-electron chi connectivity index (χ4n) is 6.37. The van der Waals surface area contributed by atoms with Crippen LogP contribution in [0.5, 0.6) is 17.2 Å². The molecule has 1 aliphatic rings. The first-order chi connectivity index (χ1) is 24.0. The molecule has 0 amide bonds. The van der Waals surface area contributed by atoms with E-state index in [1.165, 1.54) is 7.11 Å². The Kier molecular flexibility index (Phi) is 10.4. The molecular weight excluding hydrogens is 624 g/mol. The summed E-state index contributed by atoms with van der Waals surface area (Å²) in [6, 6.07) is 18.9. The minimum absolute atomic E-state index is 0.101. The molecule has 6 rings (SSSR count). The molecule has 0 spiro atoms. The third kappa shape index (κ3) is 6.93. The number of fused-ring (bicyclic) bond motifs is 3. The van der Waals surface area contributed by atoms with Crippen LogP contribution in [-0.2, 0) is 55.2 Å². The Morgan fingerprint density at radius 1 is 0.878 bits per heavy atom. The Morgan fingerprint density at radius 2 is 1.65 bits per heavy atom. The lowest BCUT2D eigenvalue weighted by molar-refractivity contribution is 0.0592. The average Bonchev–Trinajstić information content (AvgIpc) is 3.38. The van der Waals surface area contributed by atoms with E-state index in [2.05, 4.69) is 16.5 Å². The molecule has 11 nitrogen and oxygen atoms in total. The Hall–Kier alpha value is -5.42. The fourth-order valence-corrected chi connectivity index (χ4v) is 6.37. The Bertz CT molecular complexity index is 1990. The highest BCUT2D eigenvalue weighted by molar-refractivity contribution is 5.93. The molecule has 0 N–H and O–H groups in total. The summed E-state index contributed by atoms with van der Waals surface area (Å²) in [6.07, 6.45) is 5.48. The van der Waals surface area contributed by atoms with Gasteiger partial charge in [-0.2, -0.15) is 0 Å². The molecule has 0 bridgehead atoms. The van der Waals surface area contributed by atoms with Crippen LogP contribution in [0.25, 0.3) is 11.4 Å². The van der Waals surface area contributed by atoms with Gasteiger partial charge in [-0.25, -0.2) is 9.78 Å². The topological polar surface area (TPSA) is 116 Å². The molecule has 3 heterocycles. The quantitative estimate of drug-likeness (QED) is 0.145. The van der Waals surface area contributed by atoms with E-state index in [-0.39, 0.29) is 31.1 Å². The number of nitrogens with zero attached hydrogens (tertiary/aromatic N) is 4. The van der Waals surface area contributed by atoms with Gasteiger partial charge in [0.2, 0.25) is 0 Å². The van der Waals surface area contributed by atoms with Crippen molar-refractivity contribution < 1.29 is 28.5 Å². The van der Waals surface area contributed by atoms with Crippen LogP contribution >= 0.6 is 0 Å². The normalized spacial score (nSPS) is 12.1. The van der Waals surface area contributed by atoms with Gasteiger partial charge in [-0.1, -0.05) is 30.3 Å². The van der Waals surface area contributed by atoms with Crippen molar-refractivity contribution in [3.05, 3.63) is 123 Å². The smallest absolute Gasteiger partial charge is 0.347 e. The van der Waals surface area contributed by atoms with Crippen molar-refractivity contribution in [2.24, 2.45) is 0 Å². The number of methoxy groups -OCH3 is 3. The summed E-state index contributed by atoms with van der Waals surface area (Å²) in [5, 5.41) is 0. The Labute approximate surface area is 285 Å². The second-order valence-corrected chi connectivity index (χ2v) is 11.6. The zero-order valence-electron chi connectivity index (χ0n) is 28.2. The van der Waals surface area contributed by atoms with Gasteiger partial charge in [0.05, 0.1) is 40.2 Å². The summed E-state index contributed by atoms with van der Waals surface area (Å²) >= 11 is 0. The van der Waals surface area contributed by atoms with Crippen molar-refractivity contribution in [1.29, 1.82) is 0 Å². The van der Waals surface area contributed by atoms with Gasteiger partial charge in [0.1, 0.15) is 42.0 Å². The van der Waals surface area contributed by atoms with Crippen LogP contribution in [0.15, 0.2) is 77.9 Å². The molecule has 0 unspecified atom stereocenters. The van der Waals surface area contributed by atoms with Crippen LogP contribution in [0.1, 0.15) is 57.5 Å². The van der Waals surface area contributed by atoms with Gasteiger partial charge in [-0.15, -0.1) is 0 Å². The van der Waals surface area contributed by atoms with E-state index < -0.39 is 11.5 Å². The summed E-state index contributed by atoms with van der Waals surface area (Å²) in [4.78, 5) is 37.4. The van der Waals surface area contributed by atoms with Gasteiger partial charge in [0, 0.05) is 41.8 Å². The Balaban J connectivity index is 1.54. The summed E-state index contributed by atoms with van der Waals surface area (Å²) < 4.78 is 32.7. The van der Waals surface area contributed by atoms with Crippen molar-refractivity contribution in [1.82, 2.24) is 19.1 Å². The molecule has 1 aliphatic carbocycles. The summed E-state index contributed by atoms with van der Waals surface area (Å²) in [5.74, 6) is 1.37. The molecule has 5 aromatic rings. The molecule has 3 aromatic heterocycles. The number of imidazole rings is 1. The molecule has 11 heteroatoms. The number of benzene rings is 2.